The minimum atomic E-state index is -3.53. The monoisotopic (exact) mass is 332 g/mol. The van der Waals surface area contributed by atoms with E-state index in [1.54, 1.807) is 18.7 Å². The number of H-pyrrole nitrogens is 1. The Morgan fingerprint density at radius 2 is 2.10 bits per heavy atom. The molecule has 1 aliphatic carbocycles. The van der Waals surface area contributed by atoms with Crippen molar-refractivity contribution in [1.29, 1.82) is 0 Å². The molecule has 0 saturated heterocycles. The third-order valence-electron chi connectivity index (χ3n) is 3.73. The predicted octanol–water partition coefficient (Wildman–Crippen LogP) is 1.39. The number of hydrogen-bond acceptors (Lipinski definition) is 5. The van der Waals surface area contributed by atoms with E-state index in [0.29, 0.717) is 24.5 Å². The molecular weight excluding hydrogens is 308 g/mol. The first-order valence-electron chi connectivity index (χ1n) is 7.12. The van der Waals surface area contributed by atoms with Gasteiger partial charge in [-0.05, 0) is 26.0 Å². The summed E-state index contributed by atoms with van der Waals surface area (Å²) in [6, 6.07) is 0.275. The van der Waals surface area contributed by atoms with Crippen molar-refractivity contribution in [2.45, 2.75) is 55.8 Å². The number of thioether (sulfide) groups is 1. The molecule has 0 atom stereocenters. The average molecular weight is 332 g/mol. The minimum absolute atomic E-state index is 0.0983. The summed E-state index contributed by atoms with van der Waals surface area (Å²) in [6.07, 6.45) is 4.17. The first-order valence-corrected chi connectivity index (χ1v) is 9.82. The van der Waals surface area contributed by atoms with Crippen LogP contribution in [-0.4, -0.2) is 42.2 Å². The molecule has 1 aromatic heterocycles. The number of sulfonamides is 1. The molecule has 21 heavy (non-hydrogen) atoms. The number of aromatic nitrogens is 2. The number of nitrogens with zero attached hydrogens (tertiary/aromatic N) is 1. The largest absolute Gasteiger partial charge is 0.309 e. The Hall–Kier alpha value is -0.570. The molecular formula is C13H24N4O2S2. The van der Waals surface area contributed by atoms with Gasteiger partial charge in [-0.3, -0.25) is 5.10 Å². The molecule has 0 amide bonds. The Labute approximate surface area is 130 Å². The molecule has 1 heterocycles. The van der Waals surface area contributed by atoms with Crippen LogP contribution in [0.15, 0.2) is 4.90 Å². The van der Waals surface area contributed by atoms with Crippen LogP contribution in [-0.2, 0) is 16.6 Å². The summed E-state index contributed by atoms with van der Waals surface area (Å²) >= 11 is 1.74. The zero-order valence-corrected chi connectivity index (χ0v) is 14.6. The van der Waals surface area contributed by atoms with Gasteiger partial charge in [0.2, 0.25) is 10.0 Å². The van der Waals surface area contributed by atoms with Gasteiger partial charge in [-0.2, -0.15) is 16.9 Å². The van der Waals surface area contributed by atoms with Gasteiger partial charge in [-0.15, -0.1) is 0 Å². The minimum Gasteiger partial charge on any atom is -0.309 e. The predicted molar refractivity (Wildman–Crippen MR) is 86.0 cm³/mol. The lowest BCUT2D eigenvalue weighted by atomic mass is 10.3. The van der Waals surface area contributed by atoms with Crippen molar-refractivity contribution in [1.82, 2.24) is 20.2 Å². The molecule has 2 rings (SSSR count). The highest BCUT2D eigenvalue weighted by Gasteiger charge is 2.43. The summed E-state index contributed by atoms with van der Waals surface area (Å²) in [5.41, 5.74) is 1.12. The van der Waals surface area contributed by atoms with E-state index >= 15 is 0 Å². The molecule has 3 N–H and O–H groups in total. The number of rotatable bonds is 8. The standard InChI is InChI=1S/C13H24N4O2S2/c1-9(2)14-7-11-12(10(3)16-17-11)21(18,19)15-8-13(20-4)5-6-13/h9,14-15H,5-8H2,1-4H3,(H,16,17). The Morgan fingerprint density at radius 3 is 2.62 bits per heavy atom. The van der Waals surface area contributed by atoms with E-state index in [4.69, 9.17) is 0 Å². The van der Waals surface area contributed by atoms with Gasteiger partial charge in [0.25, 0.3) is 0 Å². The first kappa shape index (κ1) is 16.8. The number of aromatic amines is 1. The van der Waals surface area contributed by atoms with Crippen molar-refractivity contribution < 1.29 is 8.42 Å². The fourth-order valence-corrected chi connectivity index (χ4v) is 4.44. The fourth-order valence-electron chi connectivity index (χ4n) is 2.14. The smallest absolute Gasteiger partial charge is 0.244 e. The molecule has 0 spiro atoms. The number of hydrogen-bond donors (Lipinski definition) is 3. The molecule has 0 unspecified atom stereocenters. The van der Waals surface area contributed by atoms with Crippen LogP contribution in [0.5, 0.6) is 0 Å². The van der Waals surface area contributed by atoms with Crippen molar-refractivity contribution in [3.63, 3.8) is 0 Å². The van der Waals surface area contributed by atoms with Crippen molar-refractivity contribution in [2.24, 2.45) is 0 Å². The van der Waals surface area contributed by atoms with Crippen LogP contribution >= 0.6 is 11.8 Å². The summed E-state index contributed by atoms with van der Waals surface area (Å²) in [6.45, 7) is 6.69. The second kappa shape index (κ2) is 6.28. The quantitative estimate of drug-likeness (QED) is 0.670. The summed E-state index contributed by atoms with van der Waals surface area (Å²) in [4.78, 5) is 0.285. The van der Waals surface area contributed by atoms with Gasteiger partial charge in [0.05, 0.1) is 11.4 Å². The molecule has 1 aromatic rings. The molecule has 0 aliphatic heterocycles. The molecule has 1 saturated carbocycles. The zero-order chi connectivity index (χ0) is 15.7. The van der Waals surface area contributed by atoms with E-state index in [2.05, 4.69) is 20.2 Å². The van der Waals surface area contributed by atoms with Crippen LogP contribution in [0.1, 0.15) is 38.1 Å². The Morgan fingerprint density at radius 1 is 1.43 bits per heavy atom. The fraction of sp³-hybridized carbons (Fsp3) is 0.769. The van der Waals surface area contributed by atoms with Crippen molar-refractivity contribution in [2.75, 3.05) is 12.8 Å². The molecule has 0 bridgehead atoms. The van der Waals surface area contributed by atoms with Crippen LogP contribution in [0.25, 0.3) is 0 Å². The molecule has 1 aliphatic rings. The first-order chi connectivity index (χ1) is 9.80. The lowest BCUT2D eigenvalue weighted by molar-refractivity contribution is 0.563. The van der Waals surface area contributed by atoms with Gasteiger partial charge in [0, 0.05) is 23.9 Å². The second-order valence-corrected chi connectivity index (χ2v) is 8.85. The van der Waals surface area contributed by atoms with Crippen molar-refractivity contribution >= 4 is 21.8 Å². The number of nitrogens with one attached hydrogen (secondary N) is 3. The molecule has 1 fully saturated rings. The van der Waals surface area contributed by atoms with Gasteiger partial charge in [-0.25, -0.2) is 13.1 Å². The highest BCUT2D eigenvalue weighted by Crippen LogP contribution is 2.46. The lowest BCUT2D eigenvalue weighted by Crippen LogP contribution is -2.33. The van der Waals surface area contributed by atoms with Gasteiger partial charge in [-0.1, -0.05) is 13.8 Å². The number of aryl methyl sites for hydroxylation is 1. The topological polar surface area (TPSA) is 86.9 Å². The van der Waals surface area contributed by atoms with Crippen molar-refractivity contribution in [3.8, 4) is 0 Å². The maximum Gasteiger partial charge on any atom is 0.244 e. The van der Waals surface area contributed by atoms with Crippen LogP contribution in [0.2, 0.25) is 0 Å². The maximum atomic E-state index is 12.6. The third kappa shape index (κ3) is 4.00. The van der Waals surface area contributed by atoms with Crippen LogP contribution in [0, 0.1) is 6.92 Å². The summed E-state index contributed by atoms with van der Waals surface area (Å²) in [7, 11) is -3.53. The Kier molecular flexibility index (Phi) is 5.02. The average Bonchev–Trinajstić information content (AvgIpc) is 3.11. The second-order valence-electron chi connectivity index (χ2n) is 5.87. The van der Waals surface area contributed by atoms with Gasteiger partial charge in [0.15, 0.2) is 0 Å². The van der Waals surface area contributed by atoms with E-state index in [9.17, 15) is 8.42 Å². The molecule has 8 heteroatoms. The van der Waals surface area contributed by atoms with Crippen LogP contribution in [0.3, 0.4) is 0 Å². The Balaban J connectivity index is 2.13. The third-order valence-corrected chi connectivity index (χ3v) is 6.76. The zero-order valence-electron chi connectivity index (χ0n) is 13.0. The summed E-state index contributed by atoms with van der Waals surface area (Å²) in [5.74, 6) is 0. The Bertz CT molecular complexity index is 591. The van der Waals surface area contributed by atoms with Crippen molar-refractivity contribution in [3.05, 3.63) is 11.4 Å². The van der Waals surface area contributed by atoms with Crippen LogP contribution < -0.4 is 10.0 Å². The van der Waals surface area contributed by atoms with Gasteiger partial charge >= 0.3 is 0 Å². The van der Waals surface area contributed by atoms with E-state index in [1.165, 1.54) is 0 Å². The van der Waals surface area contributed by atoms with Gasteiger partial charge < -0.3 is 5.32 Å². The lowest BCUT2D eigenvalue weighted by Gasteiger charge is -2.14. The highest BCUT2D eigenvalue weighted by atomic mass is 32.2. The SMILES string of the molecule is CSC1(CNS(=O)(=O)c2c(CNC(C)C)n[nH]c2C)CC1. The highest BCUT2D eigenvalue weighted by molar-refractivity contribution is 8.00. The molecule has 0 radical (unpaired) electrons. The van der Waals surface area contributed by atoms with E-state index in [-0.39, 0.29) is 15.7 Å². The maximum absolute atomic E-state index is 12.6. The molecule has 6 nitrogen and oxygen atoms in total. The van der Waals surface area contributed by atoms with E-state index in [1.807, 2.05) is 20.1 Å². The summed E-state index contributed by atoms with van der Waals surface area (Å²) < 4.78 is 28.0. The molecule has 0 aromatic carbocycles. The summed E-state index contributed by atoms with van der Waals surface area (Å²) in [5, 5.41) is 10.1. The van der Waals surface area contributed by atoms with E-state index < -0.39 is 10.0 Å². The van der Waals surface area contributed by atoms with E-state index in [0.717, 1.165) is 12.8 Å². The normalized spacial score (nSPS) is 17.4. The van der Waals surface area contributed by atoms with Gasteiger partial charge in [0.1, 0.15) is 4.90 Å². The molecule has 120 valence electrons. The van der Waals surface area contributed by atoms with Crippen LogP contribution in [0.4, 0.5) is 0 Å².